The third-order valence-corrected chi connectivity index (χ3v) is 4.09. The van der Waals surface area contributed by atoms with E-state index >= 15 is 0 Å². The zero-order valence-corrected chi connectivity index (χ0v) is 13.1. The van der Waals surface area contributed by atoms with E-state index in [1.54, 1.807) is 6.07 Å². The molecule has 21 heavy (non-hydrogen) atoms. The lowest BCUT2D eigenvalue weighted by atomic mass is 10.1. The zero-order chi connectivity index (χ0) is 14.8. The molecular formula is C18H13BrO2. The van der Waals surface area contributed by atoms with Gasteiger partial charge in [-0.15, -0.1) is 0 Å². The summed E-state index contributed by atoms with van der Waals surface area (Å²) in [5, 5.41) is 1.93. The Hall–Kier alpha value is -2.13. The van der Waals surface area contributed by atoms with Gasteiger partial charge in [-0.25, -0.2) is 4.79 Å². The summed E-state index contributed by atoms with van der Waals surface area (Å²) in [4.78, 5) is 12.3. The molecule has 0 N–H and O–H groups in total. The van der Waals surface area contributed by atoms with Gasteiger partial charge in [-0.1, -0.05) is 58.4 Å². The Kier molecular flexibility index (Phi) is 3.76. The van der Waals surface area contributed by atoms with Crippen molar-refractivity contribution in [1.29, 1.82) is 0 Å². The van der Waals surface area contributed by atoms with Crippen molar-refractivity contribution in [3.63, 3.8) is 0 Å². The van der Waals surface area contributed by atoms with Gasteiger partial charge in [0.15, 0.2) is 0 Å². The first-order valence-corrected chi connectivity index (χ1v) is 7.41. The predicted octanol–water partition coefficient (Wildman–Crippen LogP) is 5.13. The minimum Gasteiger partial charge on any atom is -0.422 e. The second-order valence-electron chi connectivity index (χ2n) is 4.80. The topological polar surface area (TPSA) is 26.3 Å². The molecule has 2 nitrogen and oxygen atoms in total. The molecule has 0 spiro atoms. The number of fused-ring (bicyclic) bond motifs is 1. The lowest BCUT2D eigenvalue weighted by Crippen LogP contribution is -2.10. The fraction of sp³-hybridized carbons (Fsp3) is 0.0556. The van der Waals surface area contributed by atoms with Crippen molar-refractivity contribution in [3.05, 3.63) is 76.3 Å². The predicted molar refractivity (Wildman–Crippen MR) is 87.8 cm³/mol. The van der Waals surface area contributed by atoms with Crippen LogP contribution in [0.5, 0.6) is 5.75 Å². The Morgan fingerprint density at radius 3 is 2.33 bits per heavy atom. The number of carbonyl (C=O) groups is 1. The van der Waals surface area contributed by atoms with Crippen molar-refractivity contribution < 1.29 is 9.53 Å². The van der Waals surface area contributed by atoms with Crippen LogP contribution in [0.25, 0.3) is 10.8 Å². The normalized spacial score (nSPS) is 10.6. The molecule has 104 valence electrons. The molecule has 0 atom stereocenters. The van der Waals surface area contributed by atoms with Crippen LogP contribution in [0.3, 0.4) is 0 Å². The molecule has 0 aliphatic carbocycles. The Balaban J connectivity index is 2.01. The molecule has 0 saturated carbocycles. The monoisotopic (exact) mass is 340 g/mol. The number of aryl methyl sites for hydroxylation is 1. The fourth-order valence-electron chi connectivity index (χ4n) is 2.28. The highest BCUT2D eigenvalue weighted by atomic mass is 79.9. The number of halogens is 1. The zero-order valence-electron chi connectivity index (χ0n) is 11.5. The van der Waals surface area contributed by atoms with E-state index < -0.39 is 0 Å². The van der Waals surface area contributed by atoms with Gasteiger partial charge in [0.25, 0.3) is 0 Å². The van der Waals surface area contributed by atoms with Gasteiger partial charge in [0, 0.05) is 9.86 Å². The number of esters is 1. The van der Waals surface area contributed by atoms with Crippen LogP contribution in [0, 0.1) is 6.92 Å². The molecule has 3 rings (SSSR count). The minimum absolute atomic E-state index is 0.333. The molecule has 0 unspecified atom stereocenters. The van der Waals surface area contributed by atoms with Crippen LogP contribution in [0.4, 0.5) is 0 Å². The SMILES string of the molecule is Cc1ccccc1C(=O)Oc1ccc(Br)c2ccccc12. The van der Waals surface area contributed by atoms with Crippen molar-refractivity contribution in [3.8, 4) is 5.75 Å². The largest absolute Gasteiger partial charge is 0.422 e. The molecule has 0 fully saturated rings. The third kappa shape index (κ3) is 2.69. The highest BCUT2D eigenvalue weighted by molar-refractivity contribution is 9.10. The Labute approximate surface area is 131 Å². The summed E-state index contributed by atoms with van der Waals surface area (Å²) in [5.74, 6) is 0.239. The molecule has 0 radical (unpaired) electrons. The van der Waals surface area contributed by atoms with Gasteiger partial charge >= 0.3 is 5.97 Å². The molecule has 3 aromatic carbocycles. The average Bonchev–Trinajstić information content (AvgIpc) is 2.51. The van der Waals surface area contributed by atoms with E-state index in [2.05, 4.69) is 15.9 Å². The van der Waals surface area contributed by atoms with E-state index in [9.17, 15) is 4.79 Å². The highest BCUT2D eigenvalue weighted by Crippen LogP contribution is 2.32. The molecule has 0 aromatic heterocycles. The van der Waals surface area contributed by atoms with Crippen molar-refractivity contribution in [2.45, 2.75) is 6.92 Å². The summed E-state index contributed by atoms with van der Waals surface area (Å²) in [6.45, 7) is 1.90. The Bertz CT molecular complexity index is 824. The van der Waals surface area contributed by atoms with Gasteiger partial charge in [-0.05, 0) is 36.1 Å². The summed E-state index contributed by atoms with van der Waals surface area (Å²) in [5.41, 5.74) is 1.49. The van der Waals surface area contributed by atoms with Crippen LogP contribution in [0.2, 0.25) is 0 Å². The lowest BCUT2D eigenvalue weighted by Gasteiger charge is -2.10. The summed E-state index contributed by atoms with van der Waals surface area (Å²) in [6, 6.07) is 18.9. The standard InChI is InChI=1S/C18H13BrO2/c1-12-6-2-3-7-13(12)18(20)21-17-11-10-16(19)14-8-4-5-9-15(14)17/h2-11H,1H3. The van der Waals surface area contributed by atoms with E-state index in [1.807, 2.05) is 61.5 Å². The number of carbonyl (C=O) groups excluding carboxylic acids is 1. The van der Waals surface area contributed by atoms with E-state index in [0.717, 1.165) is 20.8 Å². The van der Waals surface area contributed by atoms with Crippen molar-refractivity contribution in [2.24, 2.45) is 0 Å². The Morgan fingerprint density at radius 2 is 1.57 bits per heavy atom. The number of benzene rings is 3. The van der Waals surface area contributed by atoms with E-state index in [4.69, 9.17) is 4.74 Å². The molecule has 0 amide bonds. The lowest BCUT2D eigenvalue weighted by molar-refractivity contribution is 0.0736. The van der Waals surface area contributed by atoms with Gasteiger partial charge in [0.2, 0.25) is 0 Å². The van der Waals surface area contributed by atoms with Gasteiger partial charge < -0.3 is 4.74 Å². The van der Waals surface area contributed by atoms with Crippen molar-refractivity contribution in [1.82, 2.24) is 0 Å². The maximum atomic E-state index is 12.3. The minimum atomic E-state index is -0.333. The first kappa shape index (κ1) is 13.8. The molecule has 3 heteroatoms. The number of rotatable bonds is 2. The van der Waals surface area contributed by atoms with Gasteiger partial charge in [-0.3, -0.25) is 0 Å². The van der Waals surface area contributed by atoms with E-state index in [0.29, 0.717) is 11.3 Å². The van der Waals surface area contributed by atoms with E-state index in [1.165, 1.54) is 0 Å². The maximum absolute atomic E-state index is 12.3. The smallest absolute Gasteiger partial charge is 0.343 e. The molecule has 0 bridgehead atoms. The first-order valence-electron chi connectivity index (χ1n) is 6.62. The maximum Gasteiger partial charge on any atom is 0.343 e. The number of hydrogen-bond acceptors (Lipinski definition) is 2. The van der Waals surface area contributed by atoms with Crippen LogP contribution in [-0.4, -0.2) is 5.97 Å². The second-order valence-corrected chi connectivity index (χ2v) is 5.65. The fourth-order valence-corrected chi connectivity index (χ4v) is 2.76. The van der Waals surface area contributed by atoms with Gasteiger partial charge in [-0.2, -0.15) is 0 Å². The molecule has 0 aliphatic rings. The average molecular weight is 341 g/mol. The molecular weight excluding hydrogens is 328 g/mol. The first-order chi connectivity index (χ1) is 10.2. The van der Waals surface area contributed by atoms with Gasteiger partial charge in [0.1, 0.15) is 5.75 Å². The number of hydrogen-bond donors (Lipinski definition) is 0. The molecule has 0 saturated heterocycles. The molecule has 0 heterocycles. The molecule has 0 aliphatic heterocycles. The number of ether oxygens (including phenoxy) is 1. The Morgan fingerprint density at radius 1 is 0.905 bits per heavy atom. The van der Waals surface area contributed by atoms with Crippen LogP contribution in [0.1, 0.15) is 15.9 Å². The third-order valence-electron chi connectivity index (χ3n) is 3.40. The van der Waals surface area contributed by atoms with Gasteiger partial charge in [0.05, 0.1) is 5.56 Å². The summed E-state index contributed by atoms with van der Waals surface area (Å²) < 4.78 is 6.57. The van der Waals surface area contributed by atoms with E-state index in [-0.39, 0.29) is 5.97 Å². The van der Waals surface area contributed by atoms with Crippen LogP contribution >= 0.6 is 15.9 Å². The van der Waals surface area contributed by atoms with Crippen LogP contribution < -0.4 is 4.74 Å². The quantitative estimate of drug-likeness (QED) is 0.477. The molecule has 3 aromatic rings. The second kappa shape index (κ2) is 5.70. The highest BCUT2D eigenvalue weighted by Gasteiger charge is 2.13. The van der Waals surface area contributed by atoms with Crippen LogP contribution in [0.15, 0.2) is 65.1 Å². The van der Waals surface area contributed by atoms with Crippen LogP contribution in [-0.2, 0) is 0 Å². The summed E-state index contributed by atoms with van der Waals surface area (Å²) in [7, 11) is 0. The van der Waals surface area contributed by atoms with Crippen molar-refractivity contribution in [2.75, 3.05) is 0 Å². The summed E-state index contributed by atoms with van der Waals surface area (Å²) in [6.07, 6.45) is 0. The van der Waals surface area contributed by atoms with Crippen molar-refractivity contribution >= 4 is 32.7 Å². The summed E-state index contributed by atoms with van der Waals surface area (Å²) >= 11 is 3.51.